The van der Waals surface area contributed by atoms with Crippen LogP contribution in [0.1, 0.15) is 29.7 Å². The van der Waals surface area contributed by atoms with Crippen molar-refractivity contribution in [3.63, 3.8) is 0 Å². The summed E-state index contributed by atoms with van der Waals surface area (Å²) in [4.78, 5) is 4.51. The SMILES string of the molecule is Cc1ccc(O)c(-c2cnc3c(c2)C=CC3C)c1. The molecule has 0 saturated carbocycles. The molecule has 0 bridgehead atoms. The minimum absolute atomic E-state index is 0.303. The largest absolute Gasteiger partial charge is 0.507 e. The summed E-state index contributed by atoms with van der Waals surface area (Å²) in [6.07, 6.45) is 6.09. The molecule has 1 N–H and O–H groups in total. The van der Waals surface area contributed by atoms with Crippen LogP contribution in [-0.4, -0.2) is 10.1 Å². The molecule has 2 heteroatoms. The highest BCUT2D eigenvalue weighted by atomic mass is 16.3. The summed E-state index contributed by atoms with van der Waals surface area (Å²) in [6.45, 7) is 4.16. The van der Waals surface area contributed by atoms with Crippen LogP contribution in [-0.2, 0) is 0 Å². The Morgan fingerprint density at radius 1 is 1.22 bits per heavy atom. The van der Waals surface area contributed by atoms with E-state index in [2.05, 4.69) is 30.1 Å². The summed E-state index contributed by atoms with van der Waals surface area (Å²) >= 11 is 0. The monoisotopic (exact) mass is 237 g/mol. The van der Waals surface area contributed by atoms with Crippen LogP contribution in [0.5, 0.6) is 5.75 Å². The van der Waals surface area contributed by atoms with Crippen LogP contribution in [0.2, 0.25) is 0 Å². The lowest BCUT2D eigenvalue weighted by Crippen LogP contribution is -1.93. The molecule has 1 atom stereocenters. The van der Waals surface area contributed by atoms with Crippen LogP contribution in [0.4, 0.5) is 0 Å². The molecule has 0 radical (unpaired) electrons. The highest BCUT2D eigenvalue weighted by Crippen LogP contribution is 2.34. The Labute approximate surface area is 107 Å². The van der Waals surface area contributed by atoms with Crippen LogP contribution >= 0.6 is 0 Å². The number of aryl methyl sites for hydroxylation is 1. The fraction of sp³-hybridized carbons (Fsp3) is 0.188. The molecule has 2 nitrogen and oxygen atoms in total. The maximum Gasteiger partial charge on any atom is 0.123 e. The first-order valence-electron chi connectivity index (χ1n) is 6.13. The molecule has 0 spiro atoms. The van der Waals surface area contributed by atoms with Crippen LogP contribution in [0.25, 0.3) is 17.2 Å². The van der Waals surface area contributed by atoms with E-state index in [1.54, 1.807) is 6.07 Å². The maximum absolute atomic E-state index is 9.94. The van der Waals surface area contributed by atoms with Crippen molar-refractivity contribution in [1.82, 2.24) is 4.98 Å². The second kappa shape index (κ2) is 3.98. The third-order valence-electron chi connectivity index (χ3n) is 3.41. The predicted octanol–water partition coefficient (Wildman–Crippen LogP) is 3.89. The van der Waals surface area contributed by atoms with E-state index in [4.69, 9.17) is 0 Å². The number of fused-ring (bicyclic) bond motifs is 1. The van der Waals surface area contributed by atoms with Gasteiger partial charge < -0.3 is 5.11 Å². The zero-order valence-electron chi connectivity index (χ0n) is 10.5. The van der Waals surface area contributed by atoms with Crippen molar-refractivity contribution in [2.24, 2.45) is 0 Å². The van der Waals surface area contributed by atoms with Gasteiger partial charge >= 0.3 is 0 Å². The number of phenolic OH excluding ortho intramolecular Hbond substituents is 1. The number of pyridine rings is 1. The number of allylic oxidation sites excluding steroid dienone is 1. The Hall–Kier alpha value is -2.09. The summed E-state index contributed by atoms with van der Waals surface area (Å²) in [7, 11) is 0. The van der Waals surface area contributed by atoms with Gasteiger partial charge in [0, 0.05) is 23.2 Å². The van der Waals surface area contributed by atoms with Gasteiger partial charge in [-0.3, -0.25) is 4.98 Å². The van der Waals surface area contributed by atoms with Crippen LogP contribution < -0.4 is 0 Å². The summed E-state index contributed by atoms with van der Waals surface area (Å²) in [6, 6.07) is 7.72. The van der Waals surface area contributed by atoms with E-state index >= 15 is 0 Å². The topological polar surface area (TPSA) is 33.1 Å². The van der Waals surface area contributed by atoms with Gasteiger partial charge in [0.1, 0.15) is 5.75 Å². The molecule has 2 aromatic rings. The molecule has 1 unspecified atom stereocenters. The van der Waals surface area contributed by atoms with Gasteiger partial charge in [0.2, 0.25) is 0 Å². The molecule has 0 aliphatic heterocycles. The Morgan fingerprint density at radius 2 is 2.06 bits per heavy atom. The Kier molecular flexibility index (Phi) is 2.44. The fourth-order valence-electron chi connectivity index (χ4n) is 2.37. The molecule has 90 valence electrons. The highest BCUT2D eigenvalue weighted by molar-refractivity contribution is 5.74. The number of aromatic nitrogens is 1. The minimum atomic E-state index is 0.303. The van der Waals surface area contributed by atoms with E-state index in [1.807, 2.05) is 25.3 Å². The van der Waals surface area contributed by atoms with Crippen LogP contribution in [0, 0.1) is 6.92 Å². The third-order valence-corrected chi connectivity index (χ3v) is 3.41. The molecule has 18 heavy (non-hydrogen) atoms. The predicted molar refractivity (Wildman–Crippen MR) is 73.5 cm³/mol. The number of rotatable bonds is 1. The van der Waals surface area contributed by atoms with Gasteiger partial charge in [0.25, 0.3) is 0 Å². The number of hydrogen-bond donors (Lipinski definition) is 1. The quantitative estimate of drug-likeness (QED) is 0.816. The van der Waals surface area contributed by atoms with Gasteiger partial charge in [-0.25, -0.2) is 0 Å². The van der Waals surface area contributed by atoms with Gasteiger partial charge in [-0.2, -0.15) is 0 Å². The van der Waals surface area contributed by atoms with Crippen molar-refractivity contribution < 1.29 is 5.11 Å². The molecule has 1 aliphatic rings. The molecule has 0 fully saturated rings. The lowest BCUT2D eigenvalue weighted by molar-refractivity contribution is 0.477. The first-order valence-corrected chi connectivity index (χ1v) is 6.13. The average molecular weight is 237 g/mol. The Balaban J connectivity index is 2.13. The first-order chi connectivity index (χ1) is 8.65. The van der Waals surface area contributed by atoms with Crippen molar-refractivity contribution in [2.45, 2.75) is 19.8 Å². The van der Waals surface area contributed by atoms with Crippen molar-refractivity contribution in [3.8, 4) is 16.9 Å². The average Bonchev–Trinajstić information content (AvgIpc) is 2.74. The summed E-state index contributed by atoms with van der Waals surface area (Å²) < 4.78 is 0. The third kappa shape index (κ3) is 1.70. The van der Waals surface area contributed by atoms with E-state index in [1.165, 1.54) is 0 Å². The molecule has 1 aromatic heterocycles. The normalized spacial score (nSPS) is 16.9. The van der Waals surface area contributed by atoms with Gasteiger partial charge in [-0.15, -0.1) is 0 Å². The number of benzene rings is 1. The van der Waals surface area contributed by atoms with Crippen molar-refractivity contribution in [1.29, 1.82) is 0 Å². The first kappa shape index (κ1) is 11.0. The van der Waals surface area contributed by atoms with E-state index in [0.29, 0.717) is 11.7 Å². The van der Waals surface area contributed by atoms with Gasteiger partial charge in [-0.05, 0) is 30.7 Å². The number of hydrogen-bond acceptors (Lipinski definition) is 2. The summed E-state index contributed by atoms with van der Waals surface area (Å²) in [5, 5.41) is 9.94. The second-order valence-corrected chi connectivity index (χ2v) is 4.87. The number of phenols is 1. The summed E-state index contributed by atoms with van der Waals surface area (Å²) in [5.74, 6) is 0.692. The van der Waals surface area contributed by atoms with Crippen molar-refractivity contribution >= 4 is 6.08 Å². The van der Waals surface area contributed by atoms with E-state index in [0.717, 1.165) is 27.9 Å². The van der Waals surface area contributed by atoms with Gasteiger partial charge in [0.15, 0.2) is 0 Å². The lowest BCUT2D eigenvalue weighted by atomic mass is 10.0. The molecule has 0 amide bonds. The highest BCUT2D eigenvalue weighted by Gasteiger charge is 2.15. The zero-order chi connectivity index (χ0) is 12.7. The fourth-order valence-corrected chi connectivity index (χ4v) is 2.37. The lowest BCUT2D eigenvalue weighted by Gasteiger charge is -2.09. The Morgan fingerprint density at radius 3 is 2.89 bits per heavy atom. The molecule has 0 saturated heterocycles. The standard InChI is InChI=1S/C16H15NO/c1-10-3-6-15(18)14(7-10)13-8-12-5-4-11(2)16(12)17-9-13/h3-9,11,18H,1-2H3. The molecule has 3 rings (SSSR count). The smallest absolute Gasteiger partial charge is 0.123 e. The van der Waals surface area contributed by atoms with Crippen molar-refractivity contribution in [3.05, 3.63) is 53.4 Å². The number of aromatic hydroxyl groups is 1. The van der Waals surface area contributed by atoms with Crippen LogP contribution in [0.15, 0.2) is 36.5 Å². The van der Waals surface area contributed by atoms with E-state index in [-0.39, 0.29) is 0 Å². The van der Waals surface area contributed by atoms with E-state index < -0.39 is 0 Å². The van der Waals surface area contributed by atoms with Crippen LogP contribution in [0.3, 0.4) is 0 Å². The maximum atomic E-state index is 9.94. The second-order valence-electron chi connectivity index (χ2n) is 4.87. The van der Waals surface area contributed by atoms with Gasteiger partial charge in [0.05, 0.1) is 5.69 Å². The van der Waals surface area contributed by atoms with Crippen molar-refractivity contribution in [2.75, 3.05) is 0 Å². The number of nitrogens with zero attached hydrogens (tertiary/aromatic N) is 1. The molecule has 1 aromatic carbocycles. The minimum Gasteiger partial charge on any atom is -0.507 e. The molecule has 1 heterocycles. The zero-order valence-corrected chi connectivity index (χ0v) is 10.5. The van der Waals surface area contributed by atoms with E-state index in [9.17, 15) is 5.11 Å². The molecule has 1 aliphatic carbocycles. The molecular formula is C16H15NO. The Bertz CT molecular complexity index is 644. The van der Waals surface area contributed by atoms with Gasteiger partial charge in [-0.1, -0.05) is 30.7 Å². The molecular weight excluding hydrogens is 222 g/mol. The summed E-state index contributed by atoms with van der Waals surface area (Å²) in [5.41, 5.74) is 5.21.